The maximum absolute atomic E-state index is 12.3. The topological polar surface area (TPSA) is 46.9 Å². The number of fused-ring (bicyclic) bond motifs is 2. The second-order valence-electron chi connectivity index (χ2n) is 3.84. The van der Waals surface area contributed by atoms with Gasteiger partial charge >= 0.3 is 0 Å². The molecule has 96 valence electrons. The van der Waals surface area contributed by atoms with Crippen molar-refractivity contribution in [2.24, 2.45) is 0 Å². The summed E-state index contributed by atoms with van der Waals surface area (Å²) in [6.45, 7) is 0. The van der Waals surface area contributed by atoms with Gasteiger partial charge in [-0.25, -0.2) is 4.98 Å². The molecule has 4 nitrogen and oxygen atoms in total. The molecule has 18 heavy (non-hydrogen) atoms. The van der Waals surface area contributed by atoms with Crippen LogP contribution in [0.5, 0.6) is 0 Å². The smallest absolute Gasteiger partial charge is 0.280 e. The van der Waals surface area contributed by atoms with Crippen molar-refractivity contribution in [1.29, 1.82) is 0 Å². The summed E-state index contributed by atoms with van der Waals surface area (Å²) in [7, 11) is 0. The van der Waals surface area contributed by atoms with Gasteiger partial charge in [0, 0.05) is 11.1 Å². The Bertz CT molecular complexity index is 631. The van der Waals surface area contributed by atoms with Gasteiger partial charge in [0.1, 0.15) is 0 Å². The van der Waals surface area contributed by atoms with E-state index in [9.17, 15) is 4.79 Å². The normalized spacial score (nSPS) is 17.7. The number of para-hydroxylation sites is 1. The van der Waals surface area contributed by atoms with Gasteiger partial charge in [0.15, 0.2) is 5.16 Å². The number of halogens is 2. The minimum Gasteiger partial charge on any atom is -0.316 e. The van der Waals surface area contributed by atoms with Crippen LogP contribution in [0.3, 0.4) is 0 Å². The first kappa shape index (κ1) is 13.9. The van der Waals surface area contributed by atoms with Gasteiger partial charge in [0.2, 0.25) is 0 Å². The molecule has 1 aromatic heterocycles. The van der Waals surface area contributed by atoms with Crippen LogP contribution in [0, 0.1) is 0 Å². The molecular formula is C11H11Br2N3OS. The lowest BCUT2D eigenvalue weighted by Gasteiger charge is -2.25. The van der Waals surface area contributed by atoms with Crippen LogP contribution < -0.4 is 11.0 Å². The molecule has 7 heteroatoms. The zero-order valence-corrected chi connectivity index (χ0v) is 13.4. The Balaban J connectivity index is 0.00000120. The van der Waals surface area contributed by atoms with Crippen LogP contribution in [0.1, 0.15) is 0 Å². The van der Waals surface area contributed by atoms with Gasteiger partial charge in [0.25, 0.3) is 5.56 Å². The Morgan fingerprint density at radius 1 is 1.50 bits per heavy atom. The van der Waals surface area contributed by atoms with Crippen molar-refractivity contribution in [3.8, 4) is 0 Å². The van der Waals surface area contributed by atoms with E-state index in [1.807, 2.05) is 24.3 Å². The molecule has 1 atom stereocenters. The van der Waals surface area contributed by atoms with E-state index >= 15 is 0 Å². The fourth-order valence-electron chi connectivity index (χ4n) is 1.80. The predicted octanol–water partition coefficient (Wildman–Crippen LogP) is 2.39. The molecule has 2 aromatic rings. The van der Waals surface area contributed by atoms with Gasteiger partial charge in [-0.05, 0) is 12.1 Å². The Morgan fingerprint density at radius 2 is 2.28 bits per heavy atom. The Kier molecular flexibility index (Phi) is 4.34. The minimum absolute atomic E-state index is 0. The van der Waals surface area contributed by atoms with Gasteiger partial charge in [-0.3, -0.25) is 4.79 Å². The molecule has 0 amide bonds. The summed E-state index contributed by atoms with van der Waals surface area (Å²) >= 11 is 5.04. The van der Waals surface area contributed by atoms with Gasteiger partial charge in [-0.2, -0.15) is 4.68 Å². The van der Waals surface area contributed by atoms with Gasteiger partial charge in [-0.15, -0.1) is 17.0 Å². The number of benzene rings is 1. The highest BCUT2D eigenvalue weighted by Crippen LogP contribution is 2.22. The molecule has 0 saturated carbocycles. The molecule has 0 saturated heterocycles. The van der Waals surface area contributed by atoms with Crippen LogP contribution in [0.2, 0.25) is 0 Å². The van der Waals surface area contributed by atoms with Crippen molar-refractivity contribution in [1.82, 2.24) is 9.66 Å². The molecule has 2 heterocycles. The number of thioether (sulfide) groups is 1. The van der Waals surface area contributed by atoms with Crippen molar-refractivity contribution in [2.75, 3.05) is 16.5 Å². The lowest BCUT2D eigenvalue weighted by atomic mass is 10.2. The second-order valence-corrected chi connectivity index (χ2v) is 5.48. The number of hydrogen-bond acceptors (Lipinski definition) is 4. The van der Waals surface area contributed by atoms with Crippen molar-refractivity contribution in [3.05, 3.63) is 34.6 Å². The van der Waals surface area contributed by atoms with Crippen molar-refractivity contribution in [3.63, 3.8) is 0 Å². The molecule has 0 fully saturated rings. The molecule has 1 aromatic carbocycles. The average Bonchev–Trinajstić information content (AvgIpc) is 2.39. The monoisotopic (exact) mass is 391 g/mol. The third kappa shape index (κ3) is 2.31. The third-order valence-corrected chi connectivity index (χ3v) is 4.54. The highest BCUT2D eigenvalue weighted by molar-refractivity contribution is 9.09. The Labute approximate surface area is 127 Å². The van der Waals surface area contributed by atoms with Crippen molar-refractivity contribution < 1.29 is 0 Å². The molecule has 0 radical (unpaired) electrons. The highest BCUT2D eigenvalue weighted by atomic mass is 79.9. The lowest BCUT2D eigenvalue weighted by molar-refractivity contribution is 0.638. The van der Waals surface area contributed by atoms with E-state index in [-0.39, 0.29) is 28.6 Å². The molecule has 1 aliphatic heterocycles. The fraction of sp³-hybridized carbons (Fsp3) is 0.273. The summed E-state index contributed by atoms with van der Waals surface area (Å²) in [5.41, 5.74) is 3.92. The summed E-state index contributed by atoms with van der Waals surface area (Å²) < 4.78 is 1.56. The molecule has 1 aliphatic rings. The van der Waals surface area contributed by atoms with Crippen molar-refractivity contribution >= 4 is 55.6 Å². The summed E-state index contributed by atoms with van der Waals surface area (Å²) in [6, 6.07) is 7.69. The fourth-order valence-corrected chi connectivity index (χ4v) is 3.44. The Morgan fingerprint density at radius 3 is 3.06 bits per heavy atom. The number of alkyl halides is 1. The van der Waals surface area contributed by atoms with Crippen LogP contribution in [-0.2, 0) is 0 Å². The molecule has 3 rings (SSSR count). The molecular weight excluding hydrogens is 382 g/mol. The number of nitrogens with zero attached hydrogens (tertiary/aromatic N) is 2. The summed E-state index contributed by atoms with van der Waals surface area (Å²) in [5, 5.41) is 2.21. The number of rotatable bonds is 1. The largest absolute Gasteiger partial charge is 0.316 e. The zero-order chi connectivity index (χ0) is 11.8. The van der Waals surface area contributed by atoms with E-state index in [1.165, 1.54) is 0 Å². The van der Waals surface area contributed by atoms with E-state index in [0.29, 0.717) is 5.39 Å². The molecule has 0 spiro atoms. The highest BCUT2D eigenvalue weighted by Gasteiger charge is 2.20. The van der Waals surface area contributed by atoms with E-state index in [0.717, 1.165) is 21.8 Å². The summed E-state index contributed by atoms with van der Waals surface area (Å²) in [6.07, 6.45) is 0. The molecule has 1 unspecified atom stereocenters. The van der Waals surface area contributed by atoms with Crippen LogP contribution in [0.4, 0.5) is 0 Å². The van der Waals surface area contributed by atoms with Gasteiger partial charge in [0.05, 0.1) is 16.9 Å². The quantitative estimate of drug-likeness (QED) is 0.597. The first-order valence-electron chi connectivity index (χ1n) is 5.26. The first-order valence-corrected chi connectivity index (χ1v) is 7.37. The SMILES string of the molecule is Br.O=c1c2ccccc2nc2n1NC(CBr)CS2. The van der Waals surface area contributed by atoms with Gasteiger partial charge in [-0.1, -0.05) is 39.8 Å². The van der Waals surface area contributed by atoms with E-state index in [2.05, 4.69) is 26.3 Å². The predicted molar refractivity (Wildman–Crippen MR) is 84.0 cm³/mol. The summed E-state index contributed by atoms with van der Waals surface area (Å²) in [4.78, 5) is 16.8. The number of aromatic nitrogens is 2. The first-order chi connectivity index (χ1) is 8.29. The maximum atomic E-state index is 12.3. The van der Waals surface area contributed by atoms with Crippen LogP contribution in [0.15, 0.2) is 34.2 Å². The molecule has 0 aliphatic carbocycles. The standard InChI is InChI=1S/C11H10BrN3OS.BrH/c12-5-7-6-17-11-13-9-4-2-1-3-8(9)10(16)15(11)14-7;/h1-4,7,14H,5-6H2;1H. The van der Waals surface area contributed by atoms with Crippen LogP contribution >= 0.6 is 44.7 Å². The summed E-state index contributed by atoms with van der Waals surface area (Å²) in [5.74, 6) is 0.913. The minimum atomic E-state index is -0.0243. The van der Waals surface area contributed by atoms with Crippen LogP contribution in [-0.4, -0.2) is 26.8 Å². The average molecular weight is 393 g/mol. The molecule has 1 N–H and O–H groups in total. The zero-order valence-electron chi connectivity index (χ0n) is 9.30. The van der Waals surface area contributed by atoms with E-state index in [1.54, 1.807) is 16.4 Å². The third-order valence-electron chi connectivity index (χ3n) is 2.66. The lowest BCUT2D eigenvalue weighted by Crippen LogP contribution is -2.42. The van der Waals surface area contributed by atoms with E-state index < -0.39 is 0 Å². The van der Waals surface area contributed by atoms with E-state index in [4.69, 9.17) is 0 Å². The van der Waals surface area contributed by atoms with Gasteiger partial charge < -0.3 is 5.43 Å². The molecule has 0 bridgehead atoms. The van der Waals surface area contributed by atoms with Crippen LogP contribution in [0.25, 0.3) is 10.9 Å². The number of hydrogen-bond donors (Lipinski definition) is 1. The second kappa shape index (κ2) is 5.63. The number of nitrogens with one attached hydrogen (secondary N) is 1. The Hall–Kier alpha value is -0.530. The maximum Gasteiger partial charge on any atom is 0.280 e. The van der Waals surface area contributed by atoms with Crippen molar-refractivity contribution in [2.45, 2.75) is 11.2 Å².